The van der Waals surface area contributed by atoms with Gasteiger partial charge >= 0.3 is 0 Å². The lowest BCUT2D eigenvalue weighted by Gasteiger charge is -2.22. The van der Waals surface area contributed by atoms with Crippen LogP contribution in [0.3, 0.4) is 0 Å². The van der Waals surface area contributed by atoms with E-state index in [1.807, 2.05) is 0 Å². The van der Waals surface area contributed by atoms with Gasteiger partial charge in [0.15, 0.2) is 0 Å². The van der Waals surface area contributed by atoms with Gasteiger partial charge in [-0.2, -0.15) is 0 Å². The van der Waals surface area contributed by atoms with Crippen LogP contribution in [-0.4, -0.2) is 20.2 Å². The summed E-state index contributed by atoms with van der Waals surface area (Å²) in [6, 6.07) is 6.56. The molecule has 1 fully saturated rings. The molecule has 2 heteroatoms. The van der Waals surface area contributed by atoms with Crippen molar-refractivity contribution in [3.8, 4) is 5.75 Å². The van der Waals surface area contributed by atoms with E-state index in [1.54, 1.807) is 7.11 Å². The van der Waals surface area contributed by atoms with Crippen LogP contribution < -0.4 is 10.1 Å². The topological polar surface area (TPSA) is 21.3 Å². The number of benzene rings is 1. The van der Waals surface area contributed by atoms with Crippen molar-refractivity contribution in [2.75, 3.05) is 20.2 Å². The molecule has 1 N–H and O–H groups in total. The Morgan fingerprint density at radius 3 is 2.69 bits per heavy atom. The van der Waals surface area contributed by atoms with E-state index in [0.717, 1.165) is 11.7 Å². The molecule has 0 saturated carbocycles. The summed E-state index contributed by atoms with van der Waals surface area (Å²) in [6.45, 7) is 4.48. The van der Waals surface area contributed by atoms with E-state index in [9.17, 15) is 0 Å². The van der Waals surface area contributed by atoms with Crippen molar-refractivity contribution in [1.82, 2.24) is 5.32 Å². The van der Waals surface area contributed by atoms with E-state index < -0.39 is 0 Å². The second-order valence-electron chi connectivity index (χ2n) is 4.70. The van der Waals surface area contributed by atoms with Crippen LogP contribution in [0.1, 0.15) is 24.0 Å². The molecule has 0 spiro atoms. The van der Waals surface area contributed by atoms with Crippen molar-refractivity contribution in [2.24, 2.45) is 5.92 Å². The minimum atomic E-state index is 0.856. The summed E-state index contributed by atoms with van der Waals surface area (Å²) in [6.07, 6.45) is 3.84. The van der Waals surface area contributed by atoms with Crippen molar-refractivity contribution >= 4 is 0 Å². The fourth-order valence-corrected chi connectivity index (χ4v) is 2.49. The molecule has 1 aliphatic heterocycles. The Balaban J connectivity index is 2.01. The molecule has 0 aromatic heterocycles. The Bertz CT molecular complexity index is 343. The molecule has 0 bridgehead atoms. The first-order chi connectivity index (χ1) is 7.79. The van der Waals surface area contributed by atoms with Gasteiger partial charge in [0.05, 0.1) is 7.11 Å². The summed E-state index contributed by atoms with van der Waals surface area (Å²) in [5.74, 6) is 1.85. The molecular formula is C14H21NO. The molecule has 0 atom stereocenters. The molecule has 0 amide bonds. The van der Waals surface area contributed by atoms with E-state index in [0.29, 0.717) is 0 Å². The monoisotopic (exact) mass is 219 g/mol. The number of hydrogen-bond acceptors (Lipinski definition) is 2. The van der Waals surface area contributed by atoms with Crippen LogP contribution in [0.4, 0.5) is 0 Å². The maximum absolute atomic E-state index is 5.28. The highest BCUT2D eigenvalue weighted by Gasteiger charge is 2.13. The van der Waals surface area contributed by atoms with Crippen LogP contribution in [0.15, 0.2) is 18.2 Å². The lowest BCUT2D eigenvalue weighted by Crippen LogP contribution is -2.28. The molecule has 2 nitrogen and oxygen atoms in total. The van der Waals surface area contributed by atoms with Crippen LogP contribution in [0.2, 0.25) is 0 Å². The van der Waals surface area contributed by atoms with Crippen LogP contribution >= 0.6 is 0 Å². The summed E-state index contributed by atoms with van der Waals surface area (Å²) >= 11 is 0. The maximum atomic E-state index is 5.28. The van der Waals surface area contributed by atoms with Gasteiger partial charge in [-0.25, -0.2) is 0 Å². The average Bonchev–Trinajstić information content (AvgIpc) is 2.31. The van der Waals surface area contributed by atoms with E-state index in [4.69, 9.17) is 4.74 Å². The lowest BCUT2D eigenvalue weighted by atomic mass is 9.90. The molecule has 1 aliphatic rings. The standard InChI is InChI=1S/C14H21NO/c1-11-9-13(3-4-14(11)16-2)10-12-5-7-15-8-6-12/h3-4,9,12,15H,5-8,10H2,1-2H3. The van der Waals surface area contributed by atoms with Gasteiger partial charge in [0.2, 0.25) is 0 Å². The Hall–Kier alpha value is -1.02. The fourth-order valence-electron chi connectivity index (χ4n) is 2.49. The number of rotatable bonds is 3. The summed E-state index contributed by atoms with van der Waals surface area (Å²) < 4.78 is 5.28. The predicted octanol–water partition coefficient (Wildman–Crippen LogP) is 2.55. The molecule has 0 unspecified atom stereocenters. The van der Waals surface area contributed by atoms with Gasteiger partial charge in [0.25, 0.3) is 0 Å². The minimum absolute atomic E-state index is 0.856. The smallest absolute Gasteiger partial charge is 0.121 e. The van der Waals surface area contributed by atoms with Gasteiger partial charge in [0.1, 0.15) is 5.75 Å². The van der Waals surface area contributed by atoms with Crippen molar-refractivity contribution in [1.29, 1.82) is 0 Å². The minimum Gasteiger partial charge on any atom is -0.496 e. The molecule has 0 radical (unpaired) electrons. The zero-order chi connectivity index (χ0) is 11.4. The number of hydrogen-bond donors (Lipinski definition) is 1. The normalized spacial score (nSPS) is 17.4. The third kappa shape index (κ3) is 2.76. The third-order valence-electron chi connectivity index (χ3n) is 3.44. The maximum Gasteiger partial charge on any atom is 0.121 e. The summed E-state index contributed by atoms with van der Waals surface area (Å²) in [5, 5.41) is 3.41. The Morgan fingerprint density at radius 1 is 1.31 bits per heavy atom. The van der Waals surface area contributed by atoms with Crippen LogP contribution in [0.5, 0.6) is 5.75 Å². The first-order valence-electron chi connectivity index (χ1n) is 6.14. The Kier molecular flexibility index (Phi) is 3.83. The van der Waals surface area contributed by atoms with Crippen molar-refractivity contribution in [3.63, 3.8) is 0 Å². The van der Waals surface area contributed by atoms with Gasteiger partial charge < -0.3 is 10.1 Å². The van der Waals surface area contributed by atoms with E-state index in [1.165, 1.54) is 43.5 Å². The number of methoxy groups -OCH3 is 1. The highest BCUT2D eigenvalue weighted by atomic mass is 16.5. The fraction of sp³-hybridized carbons (Fsp3) is 0.571. The molecule has 1 heterocycles. The average molecular weight is 219 g/mol. The van der Waals surface area contributed by atoms with Gasteiger partial charge in [0, 0.05) is 0 Å². The van der Waals surface area contributed by atoms with Crippen molar-refractivity contribution in [2.45, 2.75) is 26.2 Å². The molecule has 16 heavy (non-hydrogen) atoms. The molecular weight excluding hydrogens is 198 g/mol. The first-order valence-corrected chi connectivity index (χ1v) is 6.14. The molecule has 1 saturated heterocycles. The summed E-state index contributed by atoms with van der Waals surface area (Å²) in [5.41, 5.74) is 2.69. The third-order valence-corrected chi connectivity index (χ3v) is 3.44. The number of ether oxygens (including phenoxy) is 1. The van der Waals surface area contributed by atoms with Crippen LogP contribution in [0.25, 0.3) is 0 Å². The molecule has 2 rings (SSSR count). The van der Waals surface area contributed by atoms with E-state index >= 15 is 0 Å². The molecule has 88 valence electrons. The molecule has 1 aromatic carbocycles. The van der Waals surface area contributed by atoms with Crippen molar-refractivity contribution < 1.29 is 4.74 Å². The zero-order valence-electron chi connectivity index (χ0n) is 10.3. The van der Waals surface area contributed by atoms with Gasteiger partial charge in [-0.3, -0.25) is 0 Å². The zero-order valence-corrected chi connectivity index (χ0v) is 10.3. The van der Waals surface area contributed by atoms with Crippen LogP contribution in [-0.2, 0) is 6.42 Å². The number of piperidine rings is 1. The predicted molar refractivity (Wildman–Crippen MR) is 67.0 cm³/mol. The number of nitrogens with one attached hydrogen (secondary N) is 1. The molecule has 0 aliphatic carbocycles. The second-order valence-corrected chi connectivity index (χ2v) is 4.70. The van der Waals surface area contributed by atoms with E-state index in [-0.39, 0.29) is 0 Å². The van der Waals surface area contributed by atoms with E-state index in [2.05, 4.69) is 30.4 Å². The van der Waals surface area contributed by atoms with Crippen LogP contribution in [0, 0.1) is 12.8 Å². The lowest BCUT2D eigenvalue weighted by molar-refractivity contribution is 0.372. The summed E-state index contributed by atoms with van der Waals surface area (Å²) in [4.78, 5) is 0. The first kappa shape index (κ1) is 11.5. The molecule has 1 aromatic rings. The number of aryl methyl sites for hydroxylation is 1. The SMILES string of the molecule is COc1ccc(CC2CCNCC2)cc1C. The van der Waals surface area contributed by atoms with Gasteiger partial charge in [-0.05, 0) is 62.4 Å². The van der Waals surface area contributed by atoms with Gasteiger partial charge in [-0.15, -0.1) is 0 Å². The largest absolute Gasteiger partial charge is 0.496 e. The summed E-state index contributed by atoms with van der Waals surface area (Å²) in [7, 11) is 1.73. The Labute approximate surface area is 98.0 Å². The quantitative estimate of drug-likeness (QED) is 0.843. The highest BCUT2D eigenvalue weighted by molar-refractivity contribution is 5.36. The van der Waals surface area contributed by atoms with Gasteiger partial charge in [-0.1, -0.05) is 12.1 Å². The van der Waals surface area contributed by atoms with Crippen molar-refractivity contribution in [3.05, 3.63) is 29.3 Å². The second kappa shape index (κ2) is 5.35. The highest BCUT2D eigenvalue weighted by Crippen LogP contribution is 2.23. The Morgan fingerprint density at radius 2 is 2.06 bits per heavy atom.